The van der Waals surface area contributed by atoms with Gasteiger partial charge in [0.05, 0.1) is 10.2 Å². The maximum atomic E-state index is 5.56. The Balaban J connectivity index is 1.63. The first-order valence-corrected chi connectivity index (χ1v) is 6.71. The molecule has 1 heterocycles. The van der Waals surface area contributed by atoms with Crippen molar-refractivity contribution in [3.63, 3.8) is 0 Å². The van der Waals surface area contributed by atoms with Crippen LogP contribution in [-0.4, -0.2) is 11.0 Å². The summed E-state index contributed by atoms with van der Waals surface area (Å²) in [7, 11) is 0. The summed E-state index contributed by atoms with van der Waals surface area (Å²) in [6.07, 6.45) is 4.42. The summed E-state index contributed by atoms with van der Waals surface area (Å²) < 4.78 is 11.7. The van der Waals surface area contributed by atoms with E-state index in [9.17, 15) is 0 Å². The molecule has 0 bridgehead atoms. The molecule has 1 fully saturated rings. The zero-order valence-corrected chi connectivity index (χ0v) is 11.3. The standard InChI is InChI=1S/C13H13BrN2O2/c14-11-3-1-2-4-12(11)18-13-16-10(8-17-13)7-15-9-5-6-9/h1-4,8-9,15H,5-7H2. The quantitative estimate of drug-likeness (QED) is 0.918. The van der Waals surface area contributed by atoms with Crippen LogP contribution in [0.1, 0.15) is 18.5 Å². The van der Waals surface area contributed by atoms with Gasteiger partial charge < -0.3 is 14.5 Å². The SMILES string of the molecule is Brc1ccccc1Oc1nc(CNC2CC2)co1. The third-order valence-electron chi connectivity index (χ3n) is 2.71. The van der Waals surface area contributed by atoms with Crippen LogP contribution in [0.2, 0.25) is 0 Å². The summed E-state index contributed by atoms with van der Waals surface area (Å²) in [6.45, 7) is 0.730. The number of rotatable bonds is 5. The van der Waals surface area contributed by atoms with E-state index in [1.807, 2.05) is 24.3 Å². The molecule has 2 aromatic rings. The van der Waals surface area contributed by atoms with Gasteiger partial charge in [-0.2, -0.15) is 4.98 Å². The Kier molecular flexibility index (Phi) is 3.34. The predicted octanol–water partition coefficient (Wildman–Crippen LogP) is 3.48. The molecule has 0 saturated heterocycles. The Morgan fingerprint density at radius 2 is 2.22 bits per heavy atom. The number of aromatic nitrogens is 1. The van der Waals surface area contributed by atoms with Gasteiger partial charge in [-0.05, 0) is 40.9 Å². The fourth-order valence-electron chi connectivity index (χ4n) is 1.57. The number of para-hydroxylation sites is 1. The van der Waals surface area contributed by atoms with E-state index in [4.69, 9.17) is 9.15 Å². The monoisotopic (exact) mass is 308 g/mol. The lowest BCUT2D eigenvalue weighted by Gasteiger charge is -2.02. The van der Waals surface area contributed by atoms with E-state index >= 15 is 0 Å². The molecule has 18 heavy (non-hydrogen) atoms. The summed E-state index contributed by atoms with van der Waals surface area (Å²) in [5.41, 5.74) is 0.865. The Morgan fingerprint density at radius 3 is 3.00 bits per heavy atom. The molecule has 0 amide bonds. The summed E-state index contributed by atoms with van der Waals surface area (Å²) in [5.74, 6) is 0.695. The van der Waals surface area contributed by atoms with Crippen LogP contribution in [0, 0.1) is 0 Å². The second kappa shape index (κ2) is 5.12. The minimum atomic E-state index is 0.273. The number of hydrogen-bond donors (Lipinski definition) is 1. The van der Waals surface area contributed by atoms with Crippen LogP contribution in [0.5, 0.6) is 11.8 Å². The van der Waals surface area contributed by atoms with Crippen LogP contribution >= 0.6 is 15.9 Å². The van der Waals surface area contributed by atoms with Crippen molar-refractivity contribution in [1.82, 2.24) is 10.3 Å². The molecule has 5 heteroatoms. The van der Waals surface area contributed by atoms with Gasteiger partial charge >= 0.3 is 6.08 Å². The van der Waals surface area contributed by atoms with Gasteiger partial charge in [0.2, 0.25) is 0 Å². The van der Waals surface area contributed by atoms with Gasteiger partial charge in [0.15, 0.2) is 0 Å². The van der Waals surface area contributed by atoms with Crippen molar-refractivity contribution in [2.24, 2.45) is 0 Å². The lowest BCUT2D eigenvalue weighted by molar-refractivity contribution is 0.329. The van der Waals surface area contributed by atoms with Crippen molar-refractivity contribution in [3.05, 3.63) is 40.7 Å². The third kappa shape index (κ3) is 2.91. The number of nitrogens with one attached hydrogen (secondary N) is 1. The first kappa shape index (κ1) is 11.7. The Bertz CT molecular complexity index is 537. The maximum Gasteiger partial charge on any atom is 0.399 e. The molecule has 1 N–H and O–H groups in total. The highest BCUT2D eigenvalue weighted by Gasteiger charge is 2.20. The first-order chi connectivity index (χ1) is 8.81. The third-order valence-corrected chi connectivity index (χ3v) is 3.37. The molecular formula is C13H13BrN2O2. The zero-order valence-electron chi connectivity index (χ0n) is 9.73. The van der Waals surface area contributed by atoms with Crippen LogP contribution in [-0.2, 0) is 6.54 Å². The molecule has 0 atom stereocenters. The fourth-order valence-corrected chi connectivity index (χ4v) is 1.94. The van der Waals surface area contributed by atoms with Crippen molar-refractivity contribution in [1.29, 1.82) is 0 Å². The van der Waals surface area contributed by atoms with Crippen LogP contribution in [0.25, 0.3) is 0 Å². The minimum Gasteiger partial charge on any atom is -0.417 e. The second-order valence-corrected chi connectivity index (χ2v) is 5.15. The Hall–Kier alpha value is -1.33. The zero-order chi connectivity index (χ0) is 12.4. The molecular weight excluding hydrogens is 296 g/mol. The normalized spacial score (nSPS) is 14.7. The summed E-state index contributed by atoms with van der Waals surface area (Å²) in [4.78, 5) is 4.27. The topological polar surface area (TPSA) is 47.3 Å². The maximum absolute atomic E-state index is 5.56. The highest BCUT2D eigenvalue weighted by atomic mass is 79.9. The van der Waals surface area contributed by atoms with E-state index in [1.165, 1.54) is 12.8 Å². The number of ether oxygens (including phenoxy) is 1. The molecule has 0 unspecified atom stereocenters. The Labute approximate surface area is 113 Å². The number of benzene rings is 1. The first-order valence-electron chi connectivity index (χ1n) is 5.91. The average Bonchev–Trinajstić information content (AvgIpc) is 3.10. The van der Waals surface area contributed by atoms with Crippen molar-refractivity contribution in [2.45, 2.75) is 25.4 Å². The average molecular weight is 309 g/mol. The van der Waals surface area contributed by atoms with Gasteiger partial charge in [0, 0.05) is 12.6 Å². The van der Waals surface area contributed by atoms with E-state index in [0.717, 1.165) is 16.7 Å². The molecule has 1 aliphatic carbocycles. The Morgan fingerprint density at radius 1 is 1.39 bits per heavy atom. The summed E-state index contributed by atoms with van der Waals surface area (Å²) in [5, 5.41) is 3.37. The molecule has 0 radical (unpaired) electrons. The highest BCUT2D eigenvalue weighted by molar-refractivity contribution is 9.10. The molecule has 3 rings (SSSR count). The smallest absolute Gasteiger partial charge is 0.399 e. The lowest BCUT2D eigenvalue weighted by Crippen LogP contribution is -2.15. The van der Waals surface area contributed by atoms with Gasteiger partial charge in [-0.1, -0.05) is 12.1 Å². The lowest BCUT2D eigenvalue weighted by atomic mass is 10.3. The van der Waals surface area contributed by atoms with E-state index in [2.05, 4.69) is 26.2 Å². The van der Waals surface area contributed by atoms with Gasteiger partial charge in [0.1, 0.15) is 12.0 Å². The van der Waals surface area contributed by atoms with Crippen molar-refractivity contribution >= 4 is 15.9 Å². The molecule has 0 aliphatic heterocycles. The predicted molar refractivity (Wildman–Crippen MR) is 70.6 cm³/mol. The molecule has 1 aromatic heterocycles. The van der Waals surface area contributed by atoms with Crippen molar-refractivity contribution in [3.8, 4) is 11.8 Å². The second-order valence-electron chi connectivity index (χ2n) is 4.29. The molecule has 94 valence electrons. The highest BCUT2D eigenvalue weighted by Crippen LogP contribution is 2.28. The summed E-state index contributed by atoms with van der Waals surface area (Å²) >= 11 is 3.41. The number of hydrogen-bond acceptors (Lipinski definition) is 4. The van der Waals surface area contributed by atoms with Crippen LogP contribution < -0.4 is 10.1 Å². The molecule has 0 spiro atoms. The van der Waals surface area contributed by atoms with Crippen LogP contribution in [0.4, 0.5) is 0 Å². The van der Waals surface area contributed by atoms with Crippen LogP contribution in [0.3, 0.4) is 0 Å². The van der Waals surface area contributed by atoms with Crippen LogP contribution in [0.15, 0.2) is 39.4 Å². The van der Waals surface area contributed by atoms with Crippen molar-refractivity contribution < 1.29 is 9.15 Å². The molecule has 1 aliphatic rings. The largest absolute Gasteiger partial charge is 0.417 e. The van der Waals surface area contributed by atoms with Gasteiger partial charge in [0.25, 0.3) is 0 Å². The summed E-state index contributed by atoms with van der Waals surface area (Å²) in [6, 6.07) is 8.26. The van der Waals surface area contributed by atoms with Gasteiger partial charge in [-0.15, -0.1) is 0 Å². The van der Waals surface area contributed by atoms with E-state index in [1.54, 1.807) is 6.26 Å². The minimum absolute atomic E-state index is 0.273. The number of nitrogens with zero attached hydrogens (tertiary/aromatic N) is 1. The molecule has 1 saturated carbocycles. The van der Waals surface area contributed by atoms with E-state index < -0.39 is 0 Å². The van der Waals surface area contributed by atoms with Gasteiger partial charge in [-0.3, -0.25) is 0 Å². The van der Waals surface area contributed by atoms with Crippen molar-refractivity contribution in [2.75, 3.05) is 0 Å². The van der Waals surface area contributed by atoms with E-state index in [0.29, 0.717) is 11.8 Å². The van der Waals surface area contributed by atoms with E-state index in [-0.39, 0.29) is 6.08 Å². The fraction of sp³-hybridized carbons (Fsp3) is 0.308. The number of halogens is 1. The molecule has 1 aromatic carbocycles. The number of oxazole rings is 1. The van der Waals surface area contributed by atoms with Gasteiger partial charge in [-0.25, -0.2) is 0 Å². The molecule has 4 nitrogen and oxygen atoms in total.